The van der Waals surface area contributed by atoms with Crippen LogP contribution in [0.15, 0.2) is 24.3 Å². The predicted octanol–water partition coefficient (Wildman–Crippen LogP) is 0.667. The number of piperazine rings is 1. The van der Waals surface area contributed by atoms with E-state index >= 15 is 0 Å². The van der Waals surface area contributed by atoms with Crippen molar-refractivity contribution in [2.45, 2.75) is 12.8 Å². The van der Waals surface area contributed by atoms with Crippen LogP contribution in [0, 0.1) is 0 Å². The van der Waals surface area contributed by atoms with Gasteiger partial charge in [-0.1, -0.05) is 11.6 Å². The molecule has 2 saturated heterocycles. The van der Waals surface area contributed by atoms with E-state index in [1.165, 1.54) is 23.4 Å². The molecule has 1 amide bonds. The normalized spacial score (nSPS) is 20.0. The Labute approximate surface area is 131 Å². The van der Waals surface area contributed by atoms with Gasteiger partial charge >= 0.3 is 0 Å². The molecule has 114 valence electrons. The van der Waals surface area contributed by atoms with Crippen molar-refractivity contribution in [1.29, 1.82) is 0 Å². The van der Waals surface area contributed by atoms with Gasteiger partial charge in [0.25, 0.3) is 5.91 Å². The van der Waals surface area contributed by atoms with E-state index < -0.39 is 0 Å². The summed E-state index contributed by atoms with van der Waals surface area (Å²) in [5.41, 5.74) is 1.23. The summed E-state index contributed by atoms with van der Waals surface area (Å²) in [6, 6.07) is 8.02. The van der Waals surface area contributed by atoms with Gasteiger partial charge in [0.05, 0.1) is 26.2 Å². The average Bonchev–Trinajstić information content (AvgIpc) is 3.03. The maximum absolute atomic E-state index is 12.2. The quantitative estimate of drug-likeness (QED) is 0.889. The molecule has 2 heterocycles. The standard InChI is InChI=1S/C16H22ClN3O/c17-14-3-5-15(6-4-14)19-11-9-18(10-12-19)13-16(21)20-7-1-2-8-20/h3-6H,1-2,7-13H2/p+1. The molecule has 0 aliphatic carbocycles. The highest BCUT2D eigenvalue weighted by Gasteiger charge is 2.26. The van der Waals surface area contributed by atoms with Crippen LogP contribution < -0.4 is 9.80 Å². The smallest absolute Gasteiger partial charge is 0.277 e. The first kappa shape index (κ1) is 14.7. The molecule has 0 radical (unpaired) electrons. The molecular weight excluding hydrogens is 286 g/mol. The van der Waals surface area contributed by atoms with Crippen molar-refractivity contribution in [2.75, 3.05) is 50.7 Å². The van der Waals surface area contributed by atoms with E-state index in [9.17, 15) is 4.79 Å². The third-order valence-corrected chi connectivity index (χ3v) is 4.77. The number of nitrogens with one attached hydrogen (secondary N) is 1. The van der Waals surface area contributed by atoms with Gasteiger partial charge in [-0.15, -0.1) is 0 Å². The Bertz CT molecular complexity index is 477. The Morgan fingerprint density at radius 3 is 2.29 bits per heavy atom. The molecular formula is C16H23ClN3O+. The van der Waals surface area contributed by atoms with Gasteiger partial charge < -0.3 is 14.7 Å². The molecule has 2 fully saturated rings. The van der Waals surface area contributed by atoms with E-state index in [1.807, 2.05) is 17.0 Å². The second-order valence-corrected chi connectivity index (χ2v) is 6.41. The van der Waals surface area contributed by atoms with Crippen LogP contribution in [0.4, 0.5) is 5.69 Å². The lowest BCUT2D eigenvalue weighted by Crippen LogP contribution is -3.15. The van der Waals surface area contributed by atoms with Crippen molar-refractivity contribution < 1.29 is 9.69 Å². The molecule has 2 aliphatic heterocycles. The zero-order valence-electron chi connectivity index (χ0n) is 12.4. The number of carbonyl (C=O) groups excluding carboxylic acids is 1. The highest BCUT2D eigenvalue weighted by molar-refractivity contribution is 6.30. The van der Waals surface area contributed by atoms with Crippen LogP contribution in [-0.4, -0.2) is 56.6 Å². The maximum Gasteiger partial charge on any atom is 0.277 e. The first-order chi connectivity index (χ1) is 10.2. The molecule has 0 spiro atoms. The number of carbonyl (C=O) groups is 1. The van der Waals surface area contributed by atoms with Gasteiger partial charge in [-0.3, -0.25) is 4.79 Å². The predicted molar refractivity (Wildman–Crippen MR) is 85.0 cm³/mol. The fourth-order valence-electron chi connectivity index (χ4n) is 3.20. The Balaban J connectivity index is 1.48. The molecule has 1 N–H and O–H groups in total. The molecule has 0 atom stereocenters. The number of rotatable bonds is 3. The molecule has 1 aromatic carbocycles. The van der Waals surface area contributed by atoms with E-state index in [4.69, 9.17) is 11.6 Å². The fraction of sp³-hybridized carbons (Fsp3) is 0.562. The topological polar surface area (TPSA) is 28.0 Å². The van der Waals surface area contributed by atoms with Crippen molar-refractivity contribution in [2.24, 2.45) is 0 Å². The summed E-state index contributed by atoms with van der Waals surface area (Å²) in [5, 5.41) is 0.777. The molecule has 21 heavy (non-hydrogen) atoms. The van der Waals surface area contributed by atoms with Gasteiger partial charge in [0.2, 0.25) is 0 Å². The number of hydrogen-bond donors (Lipinski definition) is 1. The van der Waals surface area contributed by atoms with E-state index in [2.05, 4.69) is 17.0 Å². The molecule has 1 aromatic rings. The molecule has 2 aliphatic rings. The summed E-state index contributed by atoms with van der Waals surface area (Å²) in [5.74, 6) is 0.336. The van der Waals surface area contributed by atoms with Gasteiger partial charge in [-0.2, -0.15) is 0 Å². The number of likely N-dealkylation sites (tertiary alicyclic amines) is 1. The Kier molecular flexibility index (Phi) is 4.66. The number of anilines is 1. The fourth-order valence-corrected chi connectivity index (χ4v) is 3.33. The van der Waals surface area contributed by atoms with Crippen molar-refractivity contribution in [3.63, 3.8) is 0 Å². The Morgan fingerprint density at radius 1 is 1.05 bits per heavy atom. The van der Waals surface area contributed by atoms with Crippen LogP contribution in [0.5, 0.6) is 0 Å². The largest absolute Gasteiger partial charge is 0.360 e. The minimum Gasteiger partial charge on any atom is -0.360 e. The third-order valence-electron chi connectivity index (χ3n) is 4.52. The van der Waals surface area contributed by atoms with Gasteiger partial charge in [0.15, 0.2) is 6.54 Å². The maximum atomic E-state index is 12.2. The minimum absolute atomic E-state index is 0.336. The summed E-state index contributed by atoms with van der Waals surface area (Å²) in [6.07, 6.45) is 2.34. The van der Waals surface area contributed by atoms with Crippen LogP contribution in [0.2, 0.25) is 5.02 Å². The number of nitrogens with zero attached hydrogens (tertiary/aromatic N) is 2. The molecule has 3 rings (SSSR count). The SMILES string of the molecule is O=C(C[NH+]1CCN(c2ccc(Cl)cc2)CC1)N1CCCC1. The van der Waals surface area contributed by atoms with Gasteiger partial charge in [0.1, 0.15) is 0 Å². The number of benzene rings is 1. The number of amides is 1. The first-order valence-electron chi connectivity index (χ1n) is 7.84. The molecule has 0 saturated carbocycles. The van der Waals surface area contributed by atoms with Crippen LogP contribution in [0.3, 0.4) is 0 Å². The van der Waals surface area contributed by atoms with Crippen molar-refractivity contribution >= 4 is 23.2 Å². The van der Waals surface area contributed by atoms with Crippen molar-refractivity contribution in [3.8, 4) is 0 Å². The zero-order chi connectivity index (χ0) is 14.7. The second-order valence-electron chi connectivity index (χ2n) is 5.98. The van der Waals surface area contributed by atoms with E-state index in [0.29, 0.717) is 12.5 Å². The zero-order valence-corrected chi connectivity index (χ0v) is 13.1. The lowest BCUT2D eigenvalue weighted by molar-refractivity contribution is -0.892. The summed E-state index contributed by atoms with van der Waals surface area (Å²) in [4.78, 5) is 18.0. The molecule has 5 heteroatoms. The average molecular weight is 309 g/mol. The van der Waals surface area contributed by atoms with Crippen molar-refractivity contribution in [3.05, 3.63) is 29.3 Å². The summed E-state index contributed by atoms with van der Waals surface area (Å²) >= 11 is 5.93. The van der Waals surface area contributed by atoms with Crippen LogP contribution in [0.1, 0.15) is 12.8 Å². The highest BCUT2D eigenvalue weighted by Crippen LogP contribution is 2.17. The minimum atomic E-state index is 0.336. The number of quaternary nitrogens is 1. The number of hydrogen-bond acceptors (Lipinski definition) is 2. The summed E-state index contributed by atoms with van der Waals surface area (Å²) in [6.45, 7) is 6.65. The first-order valence-corrected chi connectivity index (χ1v) is 8.22. The Hall–Kier alpha value is -1.26. The summed E-state index contributed by atoms with van der Waals surface area (Å²) < 4.78 is 0. The lowest BCUT2D eigenvalue weighted by Gasteiger charge is -2.34. The van der Waals surface area contributed by atoms with Gasteiger partial charge in [-0.05, 0) is 37.1 Å². The van der Waals surface area contributed by atoms with E-state index in [-0.39, 0.29) is 0 Å². The molecule has 0 unspecified atom stereocenters. The monoisotopic (exact) mass is 308 g/mol. The second kappa shape index (κ2) is 6.67. The summed E-state index contributed by atoms with van der Waals surface area (Å²) in [7, 11) is 0. The molecule has 4 nitrogen and oxygen atoms in total. The Morgan fingerprint density at radius 2 is 1.67 bits per heavy atom. The van der Waals surface area contributed by atoms with E-state index in [1.54, 1.807) is 0 Å². The lowest BCUT2D eigenvalue weighted by atomic mass is 10.2. The van der Waals surface area contributed by atoms with Crippen LogP contribution in [-0.2, 0) is 4.79 Å². The van der Waals surface area contributed by atoms with E-state index in [0.717, 1.165) is 44.3 Å². The third kappa shape index (κ3) is 3.69. The van der Waals surface area contributed by atoms with Crippen LogP contribution >= 0.6 is 11.6 Å². The van der Waals surface area contributed by atoms with Gasteiger partial charge in [-0.25, -0.2) is 0 Å². The highest BCUT2D eigenvalue weighted by atomic mass is 35.5. The van der Waals surface area contributed by atoms with Gasteiger partial charge in [0, 0.05) is 23.8 Å². The van der Waals surface area contributed by atoms with Crippen LogP contribution in [0.25, 0.3) is 0 Å². The molecule has 0 bridgehead atoms. The molecule has 0 aromatic heterocycles. The van der Waals surface area contributed by atoms with Crippen molar-refractivity contribution in [1.82, 2.24) is 4.90 Å². The number of halogens is 1.